The lowest BCUT2D eigenvalue weighted by atomic mass is 9.60. The van der Waals surface area contributed by atoms with E-state index in [4.69, 9.17) is 0 Å². The molecule has 1 fully saturated rings. The highest BCUT2D eigenvalue weighted by Gasteiger charge is 2.44. The van der Waals surface area contributed by atoms with Crippen molar-refractivity contribution in [1.82, 2.24) is 0 Å². The second-order valence-corrected chi connectivity index (χ2v) is 5.81. The number of hydrogen-bond donors (Lipinski definition) is 1. The standard InChI is InChI=1S/C18H18F2O/c19-15-9-4-6-13(17(15)20)12-16(21)18(10-5-11-18)14-7-2-1-3-8-14/h1-4,6-9,16,21H,5,10-12H2. The molecule has 2 aromatic carbocycles. The van der Waals surface area contributed by atoms with Gasteiger partial charge in [-0.2, -0.15) is 0 Å². The lowest BCUT2D eigenvalue weighted by Gasteiger charge is -2.46. The molecule has 0 aliphatic heterocycles. The van der Waals surface area contributed by atoms with Crippen molar-refractivity contribution in [2.45, 2.75) is 37.2 Å². The molecule has 3 rings (SSSR count). The van der Waals surface area contributed by atoms with E-state index in [1.165, 1.54) is 6.07 Å². The lowest BCUT2D eigenvalue weighted by Crippen LogP contribution is -2.46. The van der Waals surface area contributed by atoms with E-state index in [0.717, 1.165) is 30.9 Å². The topological polar surface area (TPSA) is 20.2 Å². The van der Waals surface area contributed by atoms with Gasteiger partial charge in [0.05, 0.1) is 6.10 Å². The first-order valence-corrected chi connectivity index (χ1v) is 7.30. The monoisotopic (exact) mass is 288 g/mol. The summed E-state index contributed by atoms with van der Waals surface area (Å²) in [7, 11) is 0. The normalized spacial score (nSPS) is 18.0. The van der Waals surface area contributed by atoms with E-state index in [1.807, 2.05) is 30.3 Å². The van der Waals surface area contributed by atoms with Gasteiger partial charge in [0.25, 0.3) is 0 Å². The Balaban J connectivity index is 1.87. The molecule has 1 saturated carbocycles. The summed E-state index contributed by atoms with van der Waals surface area (Å²) in [5.74, 6) is -1.71. The first kappa shape index (κ1) is 14.2. The van der Waals surface area contributed by atoms with E-state index in [1.54, 1.807) is 6.07 Å². The van der Waals surface area contributed by atoms with Crippen LogP contribution in [-0.4, -0.2) is 11.2 Å². The van der Waals surface area contributed by atoms with Crippen molar-refractivity contribution < 1.29 is 13.9 Å². The third-order valence-corrected chi connectivity index (χ3v) is 4.68. The van der Waals surface area contributed by atoms with Gasteiger partial charge < -0.3 is 5.11 Å². The number of aliphatic hydroxyl groups excluding tert-OH is 1. The zero-order valence-electron chi connectivity index (χ0n) is 11.7. The highest BCUT2D eigenvalue weighted by atomic mass is 19.2. The van der Waals surface area contributed by atoms with Gasteiger partial charge in [0.15, 0.2) is 11.6 Å². The Morgan fingerprint density at radius 2 is 1.71 bits per heavy atom. The van der Waals surface area contributed by atoms with E-state index in [2.05, 4.69) is 0 Å². The molecule has 110 valence electrons. The summed E-state index contributed by atoms with van der Waals surface area (Å²) in [6.07, 6.45) is 2.25. The quantitative estimate of drug-likeness (QED) is 0.902. The van der Waals surface area contributed by atoms with Gasteiger partial charge in [-0.3, -0.25) is 0 Å². The fourth-order valence-corrected chi connectivity index (χ4v) is 3.25. The Kier molecular flexibility index (Phi) is 3.77. The van der Waals surface area contributed by atoms with Crippen LogP contribution in [0, 0.1) is 11.6 Å². The highest BCUT2D eigenvalue weighted by Crippen LogP contribution is 2.47. The molecule has 21 heavy (non-hydrogen) atoms. The minimum atomic E-state index is -0.859. The van der Waals surface area contributed by atoms with E-state index < -0.39 is 17.7 Å². The maximum Gasteiger partial charge on any atom is 0.162 e. The van der Waals surface area contributed by atoms with Crippen molar-refractivity contribution >= 4 is 0 Å². The SMILES string of the molecule is OC(Cc1cccc(F)c1F)C1(c2ccccc2)CCC1. The Hall–Kier alpha value is -1.74. The zero-order chi connectivity index (χ0) is 14.9. The Morgan fingerprint density at radius 1 is 1.00 bits per heavy atom. The van der Waals surface area contributed by atoms with Gasteiger partial charge in [0.1, 0.15) is 0 Å². The van der Waals surface area contributed by atoms with Gasteiger partial charge in [0.2, 0.25) is 0 Å². The van der Waals surface area contributed by atoms with Gasteiger partial charge in [0, 0.05) is 11.8 Å². The molecular weight excluding hydrogens is 270 g/mol. The maximum atomic E-state index is 13.8. The molecule has 1 atom stereocenters. The first-order chi connectivity index (χ1) is 10.1. The van der Waals surface area contributed by atoms with Crippen LogP contribution in [0.3, 0.4) is 0 Å². The van der Waals surface area contributed by atoms with E-state index in [0.29, 0.717) is 0 Å². The average molecular weight is 288 g/mol. The number of hydrogen-bond acceptors (Lipinski definition) is 1. The smallest absolute Gasteiger partial charge is 0.162 e. The second-order valence-electron chi connectivity index (χ2n) is 5.81. The summed E-state index contributed by atoms with van der Waals surface area (Å²) in [6.45, 7) is 0. The van der Waals surface area contributed by atoms with Crippen molar-refractivity contribution in [2.24, 2.45) is 0 Å². The summed E-state index contributed by atoms with van der Waals surface area (Å²) in [6, 6.07) is 14.0. The van der Waals surface area contributed by atoms with Crippen molar-refractivity contribution in [2.75, 3.05) is 0 Å². The van der Waals surface area contributed by atoms with Gasteiger partial charge in [-0.25, -0.2) is 8.78 Å². The van der Waals surface area contributed by atoms with Crippen molar-refractivity contribution in [3.05, 3.63) is 71.3 Å². The highest BCUT2D eigenvalue weighted by molar-refractivity contribution is 5.31. The predicted octanol–water partition coefficient (Wildman–Crippen LogP) is 3.99. The molecule has 0 spiro atoms. The summed E-state index contributed by atoms with van der Waals surface area (Å²) in [5.41, 5.74) is 1.00. The van der Waals surface area contributed by atoms with Gasteiger partial charge in [-0.05, 0) is 30.0 Å². The van der Waals surface area contributed by atoms with Crippen LogP contribution in [0.2, 0.25) is 0 Å². The number of rotatable bonds is 4. The number of aliphatic hydroxyl groups is 1. The van der Waals surface area contributed by atoms with Gasteiger partial charge in [-0.1, -0.05) is 48.9 Å². The molecule has 0 heterocycles. The molecule has 0 amide bonds. The minimum Gasteiger partial charge on any atom is -0.392 e. The Morgan fingerprint density at radius 3 is 2.33 bits per heavy atom. The largest absolute Gasteiger partial charge is 0.392 e. The Bertz CT molecular complexity index is 620. The van der Waals surface area contributed by atoms with Crippen LogP contribution in [0.15, 0.2) is 48.5 Å². The molecule has 0 saturated heterocycles. The summed E-state index contributed by atoms with van der Waals surface area (Å²) in [4.78, 5) is 0. The fraction of sp³-hybridized carbons (Fsp3) is 0.333. The molecule has 1 N–H and O–H groups in total. The molecular formula is C18H18F2O. The number of benzene rings is 2. The lowest BCUT2D eigenvalue weighted by molar-refractivity contribution is 0.0279. The van der Waals surface area contributed by atoms with Gasteiger partial charge >= 0.3 is 0 Å². The molecule has 1 aliphatic carbocycles. The summed E-state index contributed by atoms with van der Waals surface area (Å²) in [5, 5.41) is 10.7. The third kappa shape index (κ3) is 2.46. The summed E-state index contributed by atoms with van der Waals surface area (Å²) >= 11 is 0. The van der Waals surface area contributed by atoms with E-state index >= 15 is 0 Å². The van der Waals surface area contributed by atoms with Crippen molar-refractivity contribution in [1.29, 1.82) is 0 Å². The predicted molar refractivity (Wildman–Crippen MR) is 78.0 cm³/mol. The molecule has 0 aromatic heterocycles. The molecule has 1 unspecified atom stereocenters. The van der Waals surface area contributed by atoms with Crippen LogP contribution in [0.25, 0.3) is 0 Å². The van der Waals surface area contributed by atoms with Crippen LogP contribution in [0.5, 0.6) is 0 Å². The second kappa shape index (κ2) is 5.57. The molecule has 1 nitrogen and oxygen atoms in total. The first-order valence-electron chi connectivity index (χ1n) is 7.30. The fourth-order valence-electron chi connectivity index (χ4n) is 3.25. The van der Waals surface area contributed by atoms with E-state index in [9.17, 15) is 13.9 Å². The third-order valence-electron chi connectivity index (χ3n) is 4.68. The summed E-state index contributed by atoms with van der Waals surface area (Å²) < 4.78 is 27.1. The molecule has 3 heteroatoms. The van der Waals surface area contributed by atoms with Crippen molar-refractivity contribution in [3.8, 4) is 0 Å². The molecule has 0 radical (unpaired) electrons. The van der Waals surface area contributed by atoms with Crippen LogP contribution in [0.4, 0.5) is 8.78 Å². The zero-order valence-corrected chi connectivity index (χ0v) is 11.7. The van der Waals surface area contributed by atoms with Crippen LogP contribution >= 0.6 is 0 Å². The van der Waals surface area contributed by atoms with Crippen LogP contribution < -0.4 is 0 Å². The minimum absolute atomic E-state index is 0.137. The van der Waals surface area contributed by atoms with Crippen LogP contribution in [-0.2, 0) is 11.8 Å². The van der Waals surface area contributed by atoms with Crippen LogP contribution in [0.1, 0.15) is 30.4 Å². The molecule has 1 aliphatic rings. The Labute approximate surface area is 123 Å². The maximum absolute atomic E-state index is 13.8. The molecule has 2 aromatic rings. The van der Waals surface area contributed by atoms with E-state index in [-0.39, 0.29) is 17.4 Å². The number of halogens is 2. The average Bonchev–Trinajstić information content (AvgIpc) is 2.44. The van der Waals surface area contributed by atoms with Gasteiger partial charge in [-0.15, -0.1) is 0 Å². The van der Waals surface area contributed by atoms with Crippen molar-refractivity contribution in [3.63, 3.8) is 0 Å². The molecule has 0 bridgehead atoms.